The van der Waals surface area contributed by atoms with E-state index in [0.29, 0.717) is 11.6 Å². The highest BCUT2D eigenvalue weighted by Crippen LogP contribution is 2.32. The molecule has 0 saturated carbocycles. The SMILES string of the molecule is Cc1cc(Br)ccc1-c1nc(C(C)(C)C)c(C(=O)O)o1. The maximum absolute atomic E-state index is 11.3. The summed E-state index contributed by atoms with van der Waals surface area (Å²) in [4.78, 5) is 15.7. The minimum atomic E-state index is -1.09. The third kappa shape index (κ3) is 2.77. The summed E-state index contributed by atoms with van der Waals surface area (Å²) in [7, 11) is 0. The van der Waals surface area contributed by atoms with Crippen molar-refractivity contribution in [1.82, 2.24) is 4.98 Å². The molecule has 0 spiro atoms. The second-order valence-corrected chi connectivity index (χ2v) is 6.63. The molecule has 20 heavy (non-hydrogen) atoms. The first-order chi connectivity index (χ1) is 9.20. The molecular formula is C15H16BrNO3. The maximum Gasteiger partial charge on any atom is 0.373 e. The van der Waals surface area contributed by atoms with Crippen LogP contribution >= 0.6 is 15.9 Å². The molecule has 1 aromatic heterocycles. The van der Waals surface area contributed by atoms with Crippen molar-refractivity contribution in [2.45, 2.75) is 33.1 Å². The summed E-state index contributed by atoms with van der Waals surface area (Å²) in [6, 6.07) is 5.68. The third-order valence-corrected chi connectivity index (χ3v) is 3.44. The Labute approximate surface area is 126 Å². The molecule has 0 aliphatic rings. The summed E-state index contributed by atoms with van der Waals surface area (Å²) >= 11 is 3.40. The number of benzene rings is 1. The van der Waals surface area contributed by atoms with Crippen molar-refractivity contribution in [2.24, 2.45) is 0 Å². The molecule has 0 fully saturated rings. The van der Waals surface area contributed by atoms with Crippen molar-refractivity contribution in [3.63, 3.8) is 0 Å². The van der Waals surface area contributed by atoms with Crippen LogP contribution in [0, 0.1) is 6.92 Å². The zero-order valence-electron chi connectivity index (χ0n) is 11.8. The van der Waals surface area contributed by atoms with Gasteiger partial charge in [0.2, 0.25) is 11.7 Å². The zero-order chi connectivity index (χ0) is 15.1. The van der Waals surface area contributed by atoms with Crippen LogP contribution in [0.2, 0.25) is 0 Å². The van der Waals surface area contributed by atoms with Crippen LogP contribution < -0.4 is 0 Å². The molecule has 106 valence electrons. The molecule has 0 atom stereocenters. The number of rotatable bonds is 2. The molecule has 1 N–H and O–H groups in total. The minimum absolute atomic E-state index is 0.0881. The van der Waals surface area contributed by atoms with Gasteiger partial charge in [0.25, 0.3) is 0 Å². The predicted octanol–water partition coefficient (Wildman–Crippen LogP) is 4.41. The topological polar surface area (TPSA) is 63.3 Å². The van der Waals surface area contributed by atoms with Gasteiger partial charge in [-0.25, -0.2) is 9.78 Å². The van der Waals surface area contributed by atoms with Crippen molar-refractivity contribution in [2.75, 3.05) is 0 Å². The Bertz CT molecular complexity index is 668. The van der Waals surface area contributed by atoms with Crippen LogP contribution in [0.4, 0.5) is 0 Å². The highest BCUT2D eigenvalue weighted by atomic mass is 79.9. The van der Waals surface area contributed by atoms with Gasteiger partial charge in [0.1, 0.15) is 5.69 Å². The number of carbonyl (C=O) groups is 1. The fourth-order valence-corrected chi connectivity index (χ4v) is 2.43. The molecule has 0 amide bonds. The fourth-order valence-electron chi connectivity index (χ4n) is 1.96. The van der Waals surface area contributed by atoms with Crippen molar-refractivity contribution in [3.05, 3.63) is 39.7 Å². The number of aryl methyl sites for hydroxylation is 1. The zero-order valence-corrected chi connectivity index (χ0v) is 13.4. The summed E-state index contributed by atoms with van der Waals surface area (Å²) in [5.74, 6) is -0.837. The molecule has 4 nitrogen and oxygen atoms in total. The molecule has 0 unspecified atom stereocenters. The van der Waals surface area contributed by atoms with E-state index in [2.05, 4.69) is 20.9 Å². The number of aromatic nitrogens is 1. The summed E-state index contributed by atoms with van der Waals surface area (Å²) in [6.07, 6.45) is 0. The smallest absolute Gasteiger partial charge is 0.373 e. The highest BCUT2D eigenvalue weighted by Gasteiger charge is 2.29. The first kappa shape index (κ1) is 14.8. The van der Waals surface area contributed by atoms with Crippen LogP contribution in [0.5, 0.6) is 0 Å². The summed E-state index contributed by atoms with van der Waals surface area (Å²) < 4.78 is 6.44. The molecule has 1 heterocycles. The minimum Gasteiger partial charge on any atom is -0.475 e. The summed E-state index contributed by atoms with van der Waals surface area (Å²) in [6.45, 7) is 7.67. The number of oxazole rings is 1. The molecule has 0 bridgehead atoms. The Morgan fingerprint density at radius 1 is 1.35 bits per heavy atom. The molecule has 1 aromatic carbocycles. The first-order valence-electron chi connectivity index (χ1n) is 6.21. The third-order valence-electron chi connectivity index (χ3n) is 2.95. The van der Waals surface area contributed by atoms with Gasteiger partial charge < -0.3 is 9.52 Å². The van der Waals surface area contributed by atoms with Crippen LogP contribution in [-0.4, -0.2) is 16.1 Å². The Balaban J connectivity index is 2.62. The lowest BCUT2D eigenvalue weighted by Gasteiger charge is -2.14. The molecule has 5 heteroatoms. The van der Waals surface area contributed by atoms with Gasteiger partial charge in [0.05, 0.1) is 0 Å². The monoisotopic (exact) mass is 337 g/mol. The van der Waals surface area contributed by atoms with Crippen LogP contribution in [-0.2, 0) is 5.41 Å². The Morgan fingerprint density at radius 2 is 2.00 bits per heavy atom. The van der Waals surface area contributed by atoms with E-state index in [1.807, 2.05) is 45.9 Å². The van der Waals surface area contributed by atoms with Gasteiger partial charge in [-0.3, -0.25) is 0 Å². The van der Waals surface area contributed by atoms with Crippen molar-refractivity contribution < 1.29 is 14.3 Å². The van der Waals surface area contributed by atoms with E-state index >= 15 is 0 Å². The molecule has 2 aromatic rings. The number of nitrogens with zero attached hydrogens (tertiary/aromatic N) is 1. The van der Waals surface area contributed by atoms with Crippen molar-refractivity contribution >= 4 is 21.9 Å². The lowest BCUT2D eigenvalue weighted by Crippen LogP contribution is -2.16. The van der Waals surface area contributed by atoms with E-state index in [-0.39, 0.29) is 5.76 Å². The van der Waals surface area contributed by atoms with E-state index in [1.165, 1.54) is 0 Å². The van der Waals surface area contributed by atoms with E-state index in [9.17, 15) is 9.90 Å². The molecule has 0 aliphatic heterocycles. The van der Waals surface area contributed by atoms with Gasteiger partial charge in [-0.15, -0.1) is 0 Å². The maximum atomic E-state index is 11.3. The van der Waals surface area contributed by atoms with Gasteiger partial charge in [-0.2, -0.15) is 0 Å². The fraction of sp³-hybridized carbons (Fsp3) is 0.333. The summed E-state index contributed by atoms with van der Waals surface area (Å²) in [5, 5.41) is 9.26. The number of hydrogen-bond acceptors (Lipinski definition) is 3. The Morgan fingerprint density at radius 3 is 2.45 bits per heavy atom. The van der Waals surface area contributed by atoms with Gasteiger partial charge >= 0.3 is 5.97 Å². The van der Waals surface area contributed by atoms with E-state index in [0.717, 1.165) is 15.6 Å². The van der Waals surface area contributed by atoms with Crippen molar-refractivity contribution in [1.29, 1.82) is 0 Å². The van der Waals surface area contributed by atoms with Crippen LogP contribution in [0.1, 0.15) is 42.6 Å². The standard InChI is InChI=1S/C15H16BrNO3/c1-8-7-9(16)5-6-10(8)13-17-12(15(2,3)4)11(20-13)14(18)19/h5-7H,1-4H3,(H,18,19). The second-order valence-electron chi connectivity index (χ2n) is 5.71. The number of hydrogen-bond donors (Lipinski definition) is 1. The molecule has 2 rings (SSSR count). The highest BCUT2D eigenvalue weighted by molar-refractivity contribution is 9.10. The van der Waals surface area contributed by atoms with Crippen molar-refractivity contribution in [3.8, 4) is 11.5 Å². The molecule has 0 saturated heterocycles. The first-order valence-corrected chi connectivity index (χ1v) is 7.00. The lowest BCUT2D eigenvalue weighted by molar-refractivity contribution is 0.0659. The molecular weight excluding hydrogens is 322 g/mol. The van der Waals surface area contributed by atoms with Gasteiger partial charge in [-0.05, 0) is 30.7 Å². The number of halogens is 1. The molecule has 0 aliphatic carbocycles. The molecule has 0 radical (unpaired) electrons. The Hall–Kier alpha value is -1.62. The van der Waals surface area contributed by atoms with Gasteiger partial charge in [0, 0.05) is 15.5 Å². The number of carboxylic acids is 1. The average Bonchev–Trinajstić information content (AvgIpc) is 2.73. The Kier molecular flexibility index (Phi) is 3.73. The van der Waals surface area contributed by atoms with E-state index in [1.54, 1.807) is 0 Å². The lowest BCUT2D eigenvalue weighted by atomic mass is 9.91. The normalized spacial score (nSPS) is 11.7. The summed E-state index contributed by atoms with van der Waals surface area (Å²) in [5.41, 5.74) is 1.84. The van der Waals surface area contributed by atoms with Gasteiger partial charge in [-0.1, -0.05) is 36.7 Å². The average molecular weight is 338 g/mol. The van der Waals surface area contributed by atoms with E-state index < -0.39 is 11.4 Å². The quantitative estimate of drug-likeness (QED) is 0.881. The number of aromatic carboxylic acids is 1. The van der Waals surface area contributed by atoms with Crippen LogP contribution in [0.15, 0.2) is 27.1 Å². The largest absolute Gasteiger partial charge is 0.475 e. The second kappa shape index (κ2) is 5.05. The predicted molar refractivity (Wildman–Crippen MR) is 80.0 cm³/mol. The van der Waals surface area contributed by atoms with Gasteiger partial charge in [0.15, 0.2) is 0 Å². The van der Waals surface area contributed by atoms with Crippen LogP contribution in [0.3, 0.4) is 0 Å². The van der Waals surface area contributed by atoms with E-state index in [4.69, 9.17) is 4.42 Å². The van der Waals surface area contributed by atoms with Crippen LogP contribution in [0.25, 0.3) is 11.5 Å². The number of carboxylic acid groups (broad SMARTS) is 1.